The van der Waals surface area contributed by atoms with Gasteiger partial charge in [-0.15, -0.1) is 0 Å². The van der Waals surface area contributed by atoms with E-state index in [2.05, 4.69) is 20.6 Å². The number of aromatic nitrogens is 2. The van der Waals surface area contributed by atoms with Crippen molar-refractivity contribution in [2.75, 3.05) is 16.4 Å². The standard InChI is InChI=1S/C18H15F2N5O/c1-10(26)11-2-5-13(6-3-11)24-17-16(21)18(23-9-22-17)25-15-8-12(19)4-7-14(15)20/h2-9H,21H2,1H3,(H2,22,23,24,25). The Kier molecular flexibility index (Phi) is 4.74. The van der Waals surface area contributed by atoms with Crippen LogP contribution in [0.1, 0.15) is 17.3 Å². The second-order valence-corrected chi connectivity index (χ2v) is 5.49. The minimum Gasteiger partial charge on any atom is -0.393 e. The van der Waals surface area contributed by atoms with Crippen LogP contribution in [0.4, 0.5) is 37.5 Å². The van der Waals surface area contributed by atoms with E-state index in [1.807, 2.05) is 0 Å². The maximum atomic E-state index is 13.8. The number of carbonyl (C=O) groups excluding carboxylic acids is 1. The highest BCUT2D eigenvalue weighted by Crippen LogP contribution is 2.29. The Labute approximate surface area is 148 Å². The van der Waals surface area contributed by atoms with Crippen molar-refractivity contribution in [3.8, 4) is 0 Å². The van der Waals surface area contributed by atoms with E-state index in [-0.39, 0.29) is 28.8 Å². The minimum absolute atomic E-state index is 0.0401. The molecule has 0 spiro atoms. The molecule has 3 rings (SSSR count). The van der Waals surface area contributed by atoms with Crippen LogP contribution < -0.4 is 16.4 Å². The third-order valence-corrected chi connectivity index (χ3v) is 3.62. The molecule has 6 nitrogen and oxygen atoms in total. The summed E-state index contributed by atoms with van der Waals surface area (Å²) in [6, 6.07) is 9.78. The number of nitrogens with one attached hydrogen (secondary N) is 2. The average Bonchev–Trinajstić information content (AvgIpc) is 2.62. The average molecular weight is 355 g/mol. The van der Waals surface area contributed by atoms with E-state index < -0.39 is 11.6 Å². The number of carbonyl (C=O) groups is 1. The highest BCUT2D eigenvalue weighted by atomic mass is 19.1. The molecule has 1 heterocycles. The van der Waals surface area contributed by atoms with Crippen molar-refractivity contribution in [1.29, 1.82) is 0 Å². The van der Waals surface area contributed by atoms with Crippen LogP contribution in [0.15, 0.2) is 48.8 Å². The molecule has 132 valence electrons. The van der Waals surface area contributed by atoms with Crippen LogP contribution >= 0.6 is 0 Å². The van der Waals surface area contributed by atoms with E-state index in [0.717, 1.165) is 18.2 Å². The molecule has 0 amide bonds. The Morgan fingerprint density at radius 1 is 1.00 bits per heavy atom. The number of halogens is 2. The third-order valence-electron chi connectivity index (χ3n) is 3.62. The van der Waals surface area contributed by atoms with Crippen LogP contribution in [-0.2, 0) is 0 Å². The number of Topliss-reactive ketones (excluding diaryl/α,β-unsaturated/α-hetero) is 1. The smallest absolute Gasteiger partial charge is 0.159 e. The predicted octanol–water partition coefficient (Wildman–Crippen LogP) is 4.03. The first-order chi connectivity index (χ1) is 12.4. The van der Waals surface area contributed by atoms with Crippen molar-refractivity contribution < 1.29 is 13.6 Å². The molecule has 0 fully saturated rings. The number of anilines is 5. The number of nitrogens with zero attached hydrogens (tertiary/aromatic N) is 2. The van der Waals surface area contributed by atoms with E-state index >= 15 is 0 Å². The predicted molar refractivity (Wildman–Crippen MR) is 95.8 cm³/mol. The molecule has 26 heavy (non-hydrogen) atoms. The minimum atomic E-state index is -0.640. The molecule has 1 aromatic heterocycles. The third kappa shape index (κ3) is 3.75. The van der Waals surface area contributed by atoms with Gasteiger partial charge in [0.2, 0.25) is 0 Å². The highest BCUT2D eigenvalue weighted by molar-refractivity contribution is 5.94. The molecule has 0 aliphatic rings. The summed E-state index contributed by atoms with van der Waals surface area (Å²) >= 11 is 0. The van der Waals surface area contributed by atoms with Crippen LogP contribution in [-0.4, -0.2) is 15.8 Å². The Morgan fingerprint density at radius 3 is 2.31 bits per heavy atom. The second-order valence-electron chi connectivity index (χ2n) is 5.49. The topological polar surface area (TPSA) is 92.9 Å². The van der Waals surface area contributed by atoms with Gasteiger partial charge in [-0.1, -0.05) is 0 Å². The maximum Gasteiger partial charge on any atom is 0.159 e. The van der Waals surface area contributed by atoms with Gasteiger partial charge in [-0.2, -0.15) is 0 Å². The van der Waals surface area contributed by atoms with Crippen LogP contribution in [0.25, 0.3) is 0 Å². The first-order valence-electron chi connectivity index (χ1n) is 7.64. The Balaban J connectivity index is 1.85. The van der Waals surface area contributed by atoms with Gasteiger partial charge in [0.25, 0.3) is 0 Å². The molecule has 8 heteroatoms. The quantitative estimate of drug-likeness (QED) is 0.599. The first kappa shape index (κ1) is 17.3. The van der Waals surface area contributed by atoms with Gasteiger partial charge in [0.05, 0.1) is 5.69 Å². The first-order valence-corrected chi connectivity index (χ1v) is 7.64. The normalized spacial score (nSPS) is 10.4. The fourth-order valence-corrected chi connectivity index (χ4v) is 2.24. The van der Waals surface area contributed by atoms with Crippen molar-refractivity contribution in [3.63, 3.8) is 0 Å². The molecule has 0 bridgehead atoms. The van der Waals surface area contributed by atoms with Gasteiger partial charge in [0.15, 0.2) is 17.4 Å². The summed E-state index contributed by atoms with van der Waals surface area (Å²) in [6.45, 7) is 1.48. The lowest BCUT2D eigenvalue weighted by atomic mass is 10.1. The summed E-state index contributed by atoms with van der Waals surface area (Å²) in [4.78, 5) is 19.3. The summed E-state index contributed by atoms with van der Waals surface area (Å²) in [6.07, 6.45) is 1.24. The molecular formula is C18H15F2N5O. The zero-order chi connectivity index (χ0) is 18.7. The maximum absolute atomic E-state index is 13.8. The zero-order valence-electron chi connectivity index (χ0n) is 13.8. The molecule has 0 unspecified atom stereocenters. The van der Waals surface area contributed by atoms with Crippen molar-refractivity contribution >= 4 is 34.5 Å². The van der Waals surface area contributed by atoms with E-state index in [9.17, 15) is 13.6 Å². The lowest BCUT2D eigenvalue weighted by Crippen LogP contribution is -2.06. The van der Waals surface area contributed by atoms with Crippen molar-refractivity contribution in [3.05, 3.63) is 66.0 Å². The molecule has 0 saturated carbocycles. The van der Waals surface area contributed by atoms with Gasteiger partial charge in [0.1, 0.15) is 23.6 Å². The van der Waals surface area contributed by atoms with E-state index in [4.69, 9.17) is 5.73 Å². The summed E-state index contributed by atoms with van der Waals surface area (Å²) in [5, 5.41) is 5.65. The zero-order valence-corrected chi connectivity index (χ0v) is 13.8. The van der Waals surface area contributed by atoms with Gasteiger partial charge in [-0.05, 0) is 43.3 Å². The number of benzene rings is 2. The molecule has 2 aromatic carbocycles. The number of hydrogen-bond donors (Lipinski definition) is 3. The number of hydrogen-bond acceptors (Lipinski definition) is 6. The molecule has 0 aliphatic carbocycles. The number of rotatable bonds is 5. The SMILES string of the molecule is CC(=O)c1ccc(Nc2ncnc(Nc3cc(F)ccc3F)c2N)cc1. The van der Waals surface area contributed by atoms with Crippen LogP contribution in [0.5, 0.6) is 0 Å². The molecule has 0 radical (unpaired) electrons. The highest BCUT2D eigenvalue weighted by Gasteiger charge is 2.11. The van der Waals surface area contributed by atoms with Gasteiger partial charge >= 0.3 is 0 Å². The summed E-state index contributed by atoms with van der Waals surface area (Å²) in [5.41, 5.74) is 7.30. The molecule has 0 atom stereocenters. The van der Waals surface area contributed by atoms with E-state index in [1.165, 1.54) is 13.3 Å². The van der Waals surface area contributed by atoms with E-state index in [0.29, 0.717) is 11.3 Å². The van der Waals surface area contributed by atoms with Crippen molar-refractivity contribution in [2.45, 2.75) is 6.92 Å². The van der Waals surface area contributed by atoms with Gasteiger partial charge < -0.3 is 16.4 Å². The van der Waals surface area contributed by atoms with E-state index in [1.54, 1.807) is 24.3 Å². The van der Waals surface area contributed by atoms with Gasteiger partial charge in [-0.25, -0.2) is 18.7 Å². The summed E-state index contributed by atoms with van der Waals surface area (Å²) in [7, 11) is 0. The molecule has 0 saturated heterocycles. The van der Waals surface area contributed by atoms with Crippen molar-refractivity contribution in [1.82, 2.24) is 9.97 Å². The number of nitrogens with two attached hydrogens (primary N) is 1. The van der Waals surface area contributed by atoms with Crippen LogP contribution in [0.3, 0.4) is 0 Å². The molecule has 3 aromatic rings. The lowest BCUT2D eigenvalue weighted by molar-refractivity contribution is 0.101. The van der Waals surface area contributed by atoms with Crippen LogP contribution in [0.2, 0.25) is 0 Å². The molecule has 4 N–H and O–H groups in total. The van der Waals surface area contributed by atoms with Crippen molar-refractivity contribution in [2.24, 2.45) is 0 Å². The number of ketones is 1. The largest absolute Gasteiger partial charge is 0.393 e. The molecular weight excluding hydrogens is 340 g/mol. The number of nitrogen functional groups attached to an aromatic ring is 1. The van der Waals surface area contributed by atoms with Crippen LogP contribution in [0, 0.1) is 11.6 Å². The molecule has 0 aliphatic heterocycles. The van der Waals surface area contributed by atoms with Gasteiger partial charge in [-0.3, -0.25) is 4.79 Å². The summed E-state index contributed by atoms with van der Waals surface area (Å²) < 4.78 is 27.1. The summed E-state index contributed by atoms with van der Waals surface area (Å²) in [5.74, 6) is -0.854. The Morgan fingerprint density at radius 2 is 1.65 bits per heavy atom. The monoisotopic (exact) mass is 355 g/mol. The lowest BCUT2D eigenvalue weighted by Gasteiger charge is -2.13. The Bertz CT molecular complexity index is 960. The second kappa shape index (κ2) is 7.14. The van der Waals surface area contributed by atoms with Gasteiger partial charge in [0, 0.05) is 17.3 Å². The Hall–Kier alpha value is -3.55. The fourth-order valence-electron chi connectivity index (χ4n) is 2.24. The fraction of sp³-hybridized carbons (Fsp3) is 0.0556.